The lowest BCUT2D eigenvalue weighted by atomic mass is 10.0. The Morgan fingerprint density at radius 3 is 1.75 bits per heavy atom. The van der Waals surface area contributed by atoms with Gasteiger partial charge in [-0.25, -0.2) is 0 Å². The van der Waals surface area contributed by atoms with Crippen molar-refractivity contribution >= 4 is 11.8 Å². The van der Waals surface area contributed by atoms with E-state index in [0.29, 0.717) is 5.75 Å². The van der Waals surface area contributed by atoms with Crippen molar-refractivity contribution in [2.45, 2.75) is 18.4 Å². The molecular formula is C12H13F6NS. The van der Waals surface area contributed by atoms with Crippen LogP contribution in [0, 0.1) is 0 Å². The highest BCUT2D eigenvalue weighted by molar-refractivity contribution is 7.98. The molecule has 0 aliphatic rings. The first kappa shape index (κ1) is 17.2. The largest absolute Gasteiger partial charge is 0.416 e. The Labute approximate surface area is 116 Å². The summed E-state index contributed by atoms with van der Waals surface area (Å²) in [6.45, 7) is 0. The van der Waals surface area contributed by atoms with Crippen molar-refractivity contribution in [1.82, 2.24) is 5.32 Å². The molecule has 0 aliphatic carbocycles. The maximum absolute atomic E-state index is 12.7. The van der Waals surface area contributed by atoms with Crippen LogP contribution in [0.5, 0.6) is 0 Å². The minimum absolute atomic E-state index is 0.0241. The molecule has 0 fully saturated rings. The van der Waals surface area contributed by atoms with Crippen molar-refractivity contribution in [2.75, 3.05) is 19.1 Å². The minimum Gasteiger partial charge on any atom is -0.312 e. The molecule has 1 unspecified atom stereocenters. The maximum Gasteiger partial charge on any atom is 0.416 e. The van der Waals surface area contributed by atoms with E-state index in [-0.39, 0.29) is 11.6 Å². The highest BCUT2D eigenvalue weighted by Crippen LogP contribution is 2.37. The van der Waals surface area contributed by atoms with Gasteiger partial charge in [0.05, 0.1) is 11.1 Å². The van der Waals surface area contributed by atoms with E-state index in [9.17, 15) is 26.3 Å². The fourth-order valence-electron chi connectivity index (χ4n) is 1.69. The lowest BCUT2D eigenvalue weighted by Gasteiger charge is -2.19. The van der Waals surface area contributed by atoms with Crippen LogP contribution in [0.2, 0.25) is 0 Å². The zero-order valence-electron chi connectivity index (χ0n) is 10.7. The maximum atomic E-state index is 12.7. The van der Waals surface area contributed by atoms with E-state index in [2.05, 4.69) is 5.32 Å². The molecule has 0 bridgehead atoms. The average molecular weight is 317 g/mol. The third kappa shape index (κ3) is 4.31. The molecule has 0 radical (unpaired) electrons. The van der Waals surface area contributed by atoms with E-state index in [1.54, 1.807) is 6.26 Å². The van der Waals surface area contributed by atoms with E-state index in [1.807, 2.05) is 0 Å². The first-order chi connectivity index (χ1) is 9.09. The SMILES string of the molecule is CNC(CSC)c1cc(C(F)(F)F)cc(C(F)(F)F)c1. The van der Waals surface area contributed by atoms with Gasteiger partial charge in [-0.2, -0.15) is 38.1 Å². The molecule has 0 aliphatic heterocycles. The van der Waals surface area contributed by atoms with Crippen LogP contribution in [0.3, 0.4) is 0 Å². The third-order valence-electron chi connectivity index (χ3n) is 2.69. The number of alkyl halides is 6. The molecule has 1 aromatic carbocycles. The topological polar surface area (TPSA) is 12.0 Å². The van der Waals surface area contributed by atoms with Gasteiger partial charge in [0.25, 0.3) is 0 Å². The predicted molar refractivity (Wildman–Crippen MR) is 66.6 cm³/mol. The molecule has 0 spiro atoms. The Morgan fingerprint density at radius 1 is 1.00 bits per heavy atom. The summed E-state index contributed by atoms with van der Waals surface area (Å²) < 4.78 is 76.2. The van der Waals surface area contributed by atoms with Gasteiger partial charge in [0.1, 0.15) is 0 Å². The van der Waals surface area contributed by atoms with Gasteiger partial charge in [-0.1, -0.05) is 0 Å². The van der Waals surface area contributed by atoms with Gasteiger partial charge >= 0.3 is 12.4 Å². The summed E-state index contributed by atoms with van der Waals surface area (Å²) in [6.07, 6.45) is -7.90. The molecule has 1 aromatic rings. The Hall–Kier alpha value is -0.890. The fraction of sp³-hybridized carbons (Fsp3) is 0.500. The van der Waals surface area contributed by atoms with Gasteiger partial charge < -0.3 is 5.32 Å². The number of benzene rings is 1. The summed E-state index contributed by atoms with van der Waals surface area (Å²) in [5.74, 6) is 0.370. The molecule has 0 aromatic heterocycles. The molecule has 20 heavy (non-hydrogen) atoms. The van der Waals surface area contributed by atoms with E-state index in [1.165, 1.54) is 18.8 Å². The Bertz CT molecular complexity index is 422. The molecule has 1 nitrogen and oxygen atoms in total. The van der Waals surface area contributed by atoms with Gasteiger partial charge in [0, 0.05) is 11.8 Å². The summed E-state index contributed by atoms with van der Waals surface area (Å²) in [6, 6.07) is 1.07. The van der Waals surface area contributed by atoms with Gasteiger partial charge in [0.2, 0.25) is 0 Å². The van der Waals surface area contributed by atoms with E-state index in [4.69, 9.17) is 0 Å². The molecule has 114 valence electrons. The second-order valence-corrected chi connectivity index (χ2v) is 5.05. The molecule has 8 heteroatoms. The van der Waals surface area contributed by atoms with Crippen LogP contribution in [0.15, 0.2) is 18.2 Å². The molecular weight excluding hydrogens is 304 g/mol. The van der Waals surface area contributed by atoms with Crippen LogP contribution in [0.4, 0.5) is 26.3 Å². The highest BCUT2D eigenvalue weighted by Gasteiger charge is 2.37. The highest BCUT2D eigenvalue weighted by atomic mass is 32.2. The standard InChI is InChI=1S/C12H13F6NS/c1-19-10(6-20-2)7-3-8(11(13,14)15)5-9(4-7)12(16,17)18/h3-5,10,19H,6H2,1-2H3. The lowest BCUT2D eigenvalue weighted by Crippen LogP contribution is -2.21. The smallest absolute Gasteiger partial charge is 0.312 e. The predicted octanol–water partition coefficient (Wildman–Crippen LogP) is 4.35. The van der Waals surface area contributed by atoms with Crippen LogP contribution in [-0.2, 0) is 12.4 Å². The van der Waals surface area contributed by atoms with Crippen molar-refractivity contribution in [2.24, 2.45) is 0 Å². The monoisotopic (exact) mass is 317 g/mol. The second kappa shape index (κ2) is 6.26. The Morgan fingerprint density at radius 2 is 1.45 bits per heavy atom. The summed E-state index contributed by atoms with van der Waals surface area (Å²) in [5.41, 5.74) is -2.60. The number of halogens is 6. The number of hydrogen-bond donors (Lipinski definition) is 1. The zero-order chi connectivity index (χ0) is 15.6. The van der Waals surface area contributed by atoms with Crippen molar-refractivity contribution < 1.29 is 26.3 Å². The third-order valence-corrected chi connectivity index (χ3v) is 3.36. The number of hydrogen-bond acceptors (Lipinski definition) is 2. The fourth-order valence-corrected chi connectivity index (χ4v) is 2.39. The van der Waals surface area contributed by atoms with Gasteiger partial charge in [-0.3, -0.25) is 0 Å². The molecule has 1 rings (SSSR count). The van der Waals surface area contributed by atoms with Crippen molar-refractivity contribution in [3.8, 4) is 0 Å². The number of rotatable bonds is 4. The van der Waals surface area contributed by atoms with Crippen LogP contribution < -0.4 is 5.32 Å². The van der Waals surface area contributed by atoms with Gasteiger partial charge in [0.15, 0.2) is 0 Å². The summed E-state index contributed by atoms with van der Waals surface area (Å²) in [4.78, 5) is 0. The first-order valence-corrected chi connectivity index (χ1v) is 6.94. The normalized spacial score (nSPS) is 14.4. The van der Waals surface area contributed by atoms with E-state index in [0.717, 1.165) is 12.1 Å². The van der Waals surface area contributed by atoms with Crippen LogP contribution in [0.1, 0.15) is 22.7 Å². The summed E-state index contributed by atoms with van der Waals surface area (Å²) >= 11 is 1.33. The van der Waals surface area contributed by atoms with E-state index < -0.39 is 29.5 Å². The molecule has 0 heterocycles. The van der Waals surface area contributed by atoms with Crippen LogP contribution >= 0.6 is 11.8 Å². The molecule has 0 amide bonds. The molecule has 0 saturated carbocycles. The Kier molecular flexibility index (Phi) is 5.37. The summed E-state index contributed by atoms with van der Waals surface area (Å²) in [7, 11) is 1.49. The van der Waals surface area contributed by atoms with Gasteiger partial charge in [-0.05, 0) is 37.1 Å². The minimum atomic E-state index is -4.81. The van der Waals surface area contributed by atoms with Gasteiger partial charge in [-0.15, -0.1) is 0 Å². The van der Waals surface area contributed by atoms with E-state index >= 15 is 0 Å². The molecule has 0 saturated heterocycles. The lowest BCUT2D eigenvalue weighted by molar-refractivity contribution is -0.143. The molecule has 1 N–H and O–H groups in total. The average Bonchev–Trinajstić information content (AvgIpc) is 2.33. The van der Waals surface area contributed by atoms with Crippen LogP contribution in [-0.4, -0.2) is 19.1 Å². The van der Waals surface area contributed by atoms with Crippen LogP contribution in [0.25, 0.3) is 0 Å². The van der Waals surface area contributed by atoms with Crippen molar-refractivity contribution in [1.29, 1.82) is 0 Å². The Balaban J connectivity index is 3.37. The quantitative estimate of drug-likeness (QED) is 0.829. The second-order valence-electron chi connectivity index (χ2n) is 4.14. The number of thioether (sulfide) groups is 1. The number of nitrogens with one attached hydrogen (secondary N) is 1. The summed E-state index contributed by atoms with van der Waals surface area (Å²) in [5, 5.41) is 2.72. The zero-order valence-corrected chi connectivity index (χ0v) is 11.5. The van der Waals surface area contributed by atoms with Crippen molar-refractivity contribution in [3.63, 3.8) is 0 Å². The molecule has 1 atom stereocenters. The first-order valence-electron chi connectivity index (χ1n) is 5.55. The van der Waals surface area contributed by atoms with Crippen molar-refractivity contribution in [3.05, 3.63) is 34.9 Å².